The average Bonchev–Trinajstić information content (AvgIpc) is 2.35. The van der Waals surface area contributed by atoms with Crippen LogP contribution in [0.3, 0.4) is 0 Å². The number of unbranched alkanes of at least 4 members (excludes halogenated alkanes) is 3. The van der Waals surface area contributed by atoms with E-state index in [0.29, 0.717) is 18.6 Å². The van der Waals surface area contributed by atoms with E-state index in [2.05, 4.69) is 13.5 Å². The molecule has 0 saturated heterocycles. The third kappa shape index (κ3) is 4.65. The first-order valence-electron chi connectivity index (χ1n) is 6.92. The lowest BCUT2D eigenvalue weighted by Gasteiger charge is -2.24. The van der Waals surface area contributed by atoms with Crippen molar-refractivity contribution in [2.24, 2.45) is 0 Å². The summed E-state index contributed by atoms with van der Waals surface area (Å²) in [6.45, 7) is 5.79. The molecule has 1 rings (SSSR count). The molecule has 0 aromatic heterocycles. The van der Waals surface area contributed by atoms with Crippen molar-refractivity contribution in [1.82, 2.24) is 0 Å². The van der Waals surface area contributed by atoms with Crippen molar-refractivity contribution in [2.75, 3.05) is 0 Å². The Morgan fingerprint density at radius 1 is 1.39 bits per heavy atom. The Balaban J connectivity index is 2.35. The van der Waals surface area contributed by atoms with Crippen LogP contribution >= 0.6 is 0 Å². The number of ether oxygens (including phenoxy) is 1. The van der Waals surface area contributed by atoms with Crippen LogP contribution in [0, 0.1) is 0 Å². The van der Waals surface area contributed by atoms with Gasteiger partial charge in [0.2, 0.25) is 0 Å². The third-order valence-electron chi connectivity index (χ3n) is 3.20. The Morgan fingerprint density at radius 2 is 2.17 bits per heavy atom. The van der Waals surface area contributed by atoms with Gasteiger partial charge in [0.05, 0.1) is 11.7 Å². The lowest BCUT2D eigenvalue weighted by molar-refractivity contribution is -0.141. The Hall–Kier alpha value is -1.09. The maximum atomic E-state index is 11.3. The van der Waals surface area contributed by atoms with Gasteiger partial charge in [-0.2, -0.15) is 0 Å². The number of aliphatic hydroxyl groups excluding tert-OH is 1. The van der Waals surface area contributed by atoms with Crippen LogP contribution in [0.25, 0.3) is 0 Å². The van der Waals surface area contributed by atoms with E-state index in [0.717, 1.165) is 31.3 Å². The zero-order valence-corrected chi connectivity index (χ0v) is 11.3. The number of allylic oxidation sites excluding steroid dienone is 1. The summed E-state index contributed by atoms with van der Waals surface area (Å²) in [7, 11) is 0. The molecule has 0 aromatic rings. The normalized spacial score (nSPS) is 16.2. The molecule has 18 heavy (non-hydrogen) atoms. The van der Waals surface area contributed by atoms with E-state index in [1.54, 1.807) is 6.08 Å². The van der Waals surface area contributed by atoms with Crippen molar-refractivity contribution in [3.8, 4) is 0 Å². The zero-order chi connectivity index (χ0) is 13.4. The average molecular weight is 252 g/mol. The van der Waals surface area contributed by atoms with E-state index < -0.39 is 6.10 Å². The topological polar surface area (TPSA) is 46.5 Å². The number of esters is 1. The molecule has 0 aliphatic carbocycles. The fourth-order valence-electron chi connectivity index (χ4n) is 2.06. The molecule has 0 bridgehead atoms. The predicted octanol–water partition coefficient (Wildman–Crippen LogP) is 3.48. The van der Waals surface area contributed by atoms with Gasteiger partial charge in [-0.3, -0.25) is 0 Å². The summed E-state index contributed by atoms with van der Waals surface area (Å²) in [6.07, 6.45) is 8.65. The van der Waals surface area contributed by atoms with Crippen molar-refractivity contribution in [3.63, 3.8) is 0 Å². The number of rotatable bonds is 10. The quantitative estimate of drug-likeness (QED) is 0.368. The molecule has 102 valence electrons. The molecular formula is C15H24O3. The Labute approximate surface area is 110 Å². The van der Waals surface area contributed by atoms with Crippen molar-refractivity contribution in [1.29, 1.82) is 0 Å². The minimum atomic E-state index is -0.434. The van der Waals surface area contributed by atoms with Gasteiger partial charge in [0.1, 0.15) is 5.76 Å². The molecule has 1 N–H and O–H groups in total. The molecule has 3 heteroatoms. The SMILES string of the molecule is C=CCCC(O)CC1=C(CCCCCC)C(=O)O1. The standard InChI is InChI=1S/C15H24O3/c1-3-5-7-8-10-13-14(18-15(13)17)11-12(16)9-6-4-2/h4,12,16H,2-3,5-11H2,1H3. The second-order valence-electron chi connectivity index (χ2n) is 4.83. The van der Waals surface area contributed by atoms with E-state index in [4.69, 9.17) is 4.74 Å². The number of carbonyl (C=O) groups is 1. The highest BCUT2D eigenvalue weighted by Gasteiger charge is 2.30. The zero-order valence-electron chi connectivity index (χ0n) is 11.3. The van der Waals surface area contributed by atoms with Gasteiger partial charge >= 0.3 is 5.97 Å². The number of cyclic esters (lactones) is 1. The summed E-state index contributed by atoms with van der Waals surface area (Å²) in [6, 6.07) is 0. The molecule has 0 radical (unpaired) electrons. The smallest absolute Gasteiger partial charge is 0.342 e. The van der Waals surface area contributed by atoms with Crippen molar-refractivity contribution in [2.45, 2.75) is 64.4 Å². The van der Waals surface area contributed by atoms with Crippen LogP contribution in [-0.4, -0.2) is 17.2 Å². The third-order valence-corrected chi connectivity index (χ3v) is 3.20. The highest BCUT2D eigenvalue weighted by atomic mass is 16.6. The lowest BCUT2D eigenvalue weighted by Crippen LogP contribution is -2.25. The van der Waals surface area contributed by atoms with Crippen LogP contribution < -0.4 is 0 Å². The van der Waals surface area contributed by atoms with Crippen LogP contribution in [0.5, 0.6) is 0 Å². The van der Waals surface area contributed by atoms with Gasteiger partial charge < -0.3 is 9.84 Å². The monoisotopic (exact) mass is 252 g/mol. The first-order valence-corrected chi connectivity index (χ1v) is 6.92. The predicted molar refractivity (Wildman–Crippen MR) is 71.9 cm³/mol. The molecular weight excluding hydrogens is 228 g/mol. The molecule has 1 aliphatic heterocycles. The molecule has 0 spiro atoms. The Kier molecular flexibility index (Phi) is 6.73. The van der Waals surface area contributed by atoms with Gasteiger partial charge in [-0.05, 0) is 25.7 Å². The van der Waals surface area contributed by atoms with Crippen molar-refractivity contribution in [3.05, 3.63) is 24.0 Å². The molecule has 1 aliphatic rings. The van der Waals surface area contributed by atoms with E-state index in [9.17, 15) is 9.90 Å². The summed E-state index contributed by atoms with van der Waals surface area (Å²) in [5, 5.41) is 9.76. The maximum absolute atomic E-state index is 11.3. The van der Waals surface area contributed by atoms with E-state index in [1.807, 2.05) is 0 Å². The number of aliphatic hydroxyl groups is 1. The lowest BCUT2D eigenvalue weighted by atomic mass is 9.98. The van der Waals surface area contributed by atoms with Gasteiger partial charge in [-0.25, -0.2) is 4.79 Å². The largest absolute Gasteiger partial charge is 0.427 e. The van der Waals surface area contributed by atoms with Crippen molar-refractivity contribution < 1.29 is 14.6 Å². The maximum Gasteiger partial charge on any atom is 0.342 e. The Morgan fingerprint density at radius 3 is 2.78 bits per heavy atom. The van der Waals surface area contributed by atoms with E-state index in [1.165, 1.54) is 12.8 Å². The first kappa shape index (κ1) is 15.0. The minimum Gasteiger partial charge on any atom is -0.427 e. The molecule has 0 fully saturated rings. The molecule has 3 nitrogen and oxygen atoms in total. The van der Waals surface area contributed by atoms with Gasteiger partial charge in [0, 0.05) is 6.42 Å². The molecule has 1 heterocycles. The van der Waals surface area contributed by atoms with E-state index in [-0.39, 0.29) is 5.97 Å². The fraction of sp³-hybridized carbons (Fsp3) is 0.667. The summed E-state index contributed by atoms with van der Waals surface area (Å²) < 4.78 is 5.01. The molecule has 1 unspecified atom stereocenters. The van der Waals surface area contributed by atoms with Crippen LogP contribution in [0.4, 0.5) is 0 Å². The van der Waals surface area contributed by atoms with Crippen LogP contribution in [-0.2, 0) is 9.53 Å². The van der Waals surface area contributed by atoms with Crippen LogP contribution in [0.15, 0.2) is 24.0 Å². The van der Waals surface area contributed by atoms with Crippen LogP contribution in [0.1, 0.15) is 58.3 Å². The molecule has 0 aromatic carbocycles. The number of hydrogen-bond donors (Lipinski definition) is 1. The summed E-state index contributed by atoms with van der Waals surface area (Å²) in [5.41, 5.74) is 0.795. The minimum absolute atomic E-state index is 0.197. The number of carbonyl (C=O) groups excluding carboxylic acids is 1. The summed E-state index contributed by atoms with van der Waals surface area (Å²) in [5.74, 6) is 0.505. The number of hydrogen-bond acceptors (Lipinski definition) is 3. The van der Waals surface area contributed by atoms with Gasteiger partial charge in [-0.1, -0.05) is 32.3 Å². The summed E-state index contributed by atoms with van der Waals surface area (Å²) >= 11 is 0. The van der Waals surface area contributed by atoms with Crippen LogP contribution in [0.2, 0.25) is 0 Å². The summed E-state index contributed by atoms with van der Waals surface area (Å²) in [4.78, 5) is 11.3. The highest BCUT2D eigenvalue weighted by molar-refractivity contribution is 5.95. The second kappa shape index (κ2) is 8.09. The second-order valence-corrected chi connectivity index (χ2v) is 4.83. The van der Waals surface area contributed by atoms with Gasteiger partial charge in [0.15, 0.2) is 0 Å². The van der Waals surface area contributed by atoms with Crippen molar-refractivity contribution >= 4 is 5.97 Å². The Bertz CT molecular complexity index is 318. The molecule has 0 saturated carbocycles. The highest BCUT2D eigenvalue weighted by Crippen LogP contribution is 2.29. The van der Waals surface area contributed by atoms with E-state index >= 15 is 0 Å². The van der Waals surface area contributed by atoms with Gasteiger partial charge in [0.25, 0.3) is 0 Å². The first-order chi connectivity index (χ1) is 8.69. The molecule has 0 amide bonds. The fourth-order valence-corrected chi connectivity index (χ4v) is 2.06. The molecule has 1 atom stereocenters. The van der Waals surface area contributed by atoms with Gasteiger partial charge in [-0.15, -0.1) is 6.58 Å².